The van der Waals surface area contributed by atoms with Crippen molar-refractivity contribution in [2.75, 3.05) is 13.7 Å². The van der Waals surface area contributed by atoms with Gasteiger partial charge in [-0.25, -0.2) is 4.99 Å². The smallest absolute Gasteiger partial charge is 0.261 e. The molecule has 0 saturated heterocycles. The fourth-order valence-corrected chi connectivity index (χ4v) is 4.38. The first-order valence-corrected chi connectivity index (χ1v) is 9.14. The normalized spacial score (nSPS) is 27.0. The molecule has 1 amide bonds. The summed E-state index contributed by atoms with van der Waals surface area (Å²) in [4.78, 5) is 23.3. The molecule has 2 aliphatic rings. The second kappa shape index (κ2) is 6.04. The number of pyridine rings is 1. The van der Waals surface area contributed by atoms with Gasteiger partial charge in [0.25, 0.3) is 5.91 Å². The largest absolute Gasteiger partial charge is 0.396 e. The van der Waals surface area contributed by atoms with Gasteiger partial charge in [0.1, 0.15) is 0 Å². The lowest BCUT2D eigenvalue weighted by Crippen LogP contribution is -2.47. The maximum absolute atomic E-state index is 13.2. The summed E-state index contributed by atoms with van der Waals surface area (Å²) in [6.45, 7) is 1.95. The first-order valence-electron chi connectivity index (χ1n) is 8.77. The number of nitrogens with two attached hydrogens (primary N) is 1. The number of hydrogen-bond acceptors (Lipinski definition) is 5. The van der Waals surface area contributed by atoms with Gasteiger partial charge in [-0.15, -0.1) is 0 Å². The Labute approximate surface area is 162 Å². The number of likely N-dealkylation sites (N-methyl/N-ethyl adjacent to an activating group) is 1. The molecule has 1 aromatic carbocycles. The summed E-state index contributed by atoms with van der Waals surface area (Å²) in [6.07, 6.45) is 4.39. The van der Waals surface area contributed by atoms with Gasteiger partial charge in [0.15, 0.2) is 11.5 Å². The summed E-state index contributed by atoms with van der Waals surface area (Å²) in [5, 5.41) is 10.5. The van der Waals surface area contributed by atoms with Gasteiger partial charge in [-0.3, -0.25) is 14.7 Å². The predicted octanol–water partition coefficient (Wildman–Crippen LogP) is 2.33. The SMILES string of the molecule is CN1C(=O)C2(C[C@](C)(CO)Cc3ccc(-c4cncc(Cl)c4)cc32)N=C1N. The Balaban J connectivity index is 1.93. The second-order valence-corrected chi connectivity index (χ2v) is 8.22. The summed E-state index contributed by atoms with van der Waals surface area (Å²) in [5.41, 5.74) is 8.05. The van der Waals surface area contributed by atoms with E-state index in [1.807, 2.05) is 31.2 Å². The van der Waals surface area contributed by atoms with Crippen LogP contribution >= 0.6 is 11.6 Å². The molecule has 1 spiro atoms. The number of halogens is 1. The van der Waals surface area contributed by atoms with Crippen LogP contribution in [0.15, 0.2) is 41.7 Å². The van der Waals surface area contributed by atoms with Crippen LogP contribution in [0.4, 0.5) is 0 Å². The first-order chi connectivity index (χ1) is 12.8. The highest BCUT2D eigenvalue weighted by Crippen LogP contribution is 2.50. The molecular weight excluding hydrogens is 364 g/mol. The zero-order valence-electron chi connectivity index (χ0n) is 15.2. The standard InChI is InChI=1S/C20H21ClN4O2/c1-19(11-26)7-13-4-3-12(14-5-15(21)9-23-8-14)6-16(13)20(10-19)17(27)25(2)18(22)24-20/h3-6,8-9,26H,7,10-11H2,1-2H3,(H2,22,24)/t19-,20?/m1/s1. The van der Waals surface area contributed by atoms with Crippen molar-refractivity contribution in [1.82, 2.24) is 9.88 Å². The molecular formula is C20H21ClN4O2. The van der Waals surface area contributed by atoms with Gasteiger partial charge in [0.2, 0.25) is 0 Å². The van der Waals surface area contributed by atoms with Crippen molar-refractivity contribution in [2.45, 2.75) is 25.3 Å². The number of rotatable bonds is 2. The number of guanidine groups is 1. The van der Waals surface area contributed by atoms with Crippen molar-refractivity contribution in [1.29, 1.82) is 0 Å². The lowest BCUT2D eigenvalue weighted by Gasteiger charge is -2.42. The molecule has 1 aliphatic carbocycles. The van der Waals surface area contributed by atoms with E-state index in [0.717, 1.165) is 22.3 Å². The van der Waals surface area contributed by atoms with Crippen LogP contribution in [0.2, 0.25) is 5.02 Å². The monoisotopic (exact) mass is 384 g/mol. The maximum Gasteiger partial charge on any atom is 0.261 e. The van der Waals surface area contributed by atoms with E-state index in [-0.39, 0.29) is 18.5 Å². The molecule has 6 nitrogen and oxygen atoms in total. The molecule has 3 N–H and O–H groups in total. The van der Waals surface area contributed by atoms with E-state index in [9.17, 15) is 9.90 Å². The molecule has 0 saturated carbocycles. The lowest BCUT2D eigenvalue weighted by atomic mass is 9.64. The zero-order valence-corrected chi connectivity index (χ0v) is 16.0. The first kappa shape index (κ1) is 17.9. The van der Waals surface area contributed by atoms with Gasteiger partial charge in [-0.05, 0) is 47.1 Å². The minimum absolute atomic E-state index is 0.0272. The zero-order chi connectivity index (χ0) is 19.4. The number of aliphatic hydroxyl groups is 1. The van der Waals surface area contributed by atoms with Crippen molar-refractivity contribution >= 4 is 23.5 Å². The molecule has 1 aliphatic heterocycles. The highest BCUT2D eigenvalue weighted by atomic mass is 35.5. The summed E-state index contributed by atoms with van der Waals surface area (Å²) < 4.78 is 0. The molecule has 1 unspecified atom stereocenters. The predicted molar refractivity (Wildman–Crippen MR) is 104 cm³/mol. The van der Waals surface area contributed by atoms with Crippen LogP contribution in [0.25, 0.3) is 11.1 Å². The number of aliphatic imine (C=N–C) groups is 1. The van der Waals surface area contributed by atoms with E-state index >= 15 is 0 Å². The van der Waals surface area contributed by atoms with Crippen LogP contribution in [0.5, 0.6) is 0 Å². The van der Waals surface area contributed by atoms with Crippen molar-refractivity contribution in [2.24, 2.45) is 16.1 Å². The Morgan fingerprint density at radius 3 is 2.70 bits per heavy atom. The molecule has 0 radical (unpaired) electrons. The molecule has 2 aromatic rings. The van der Waals surface area contributed by atoms with Crippen molar-refractivity contribution < 1.29 is 9.90 Å². The van der Waals surface area contributed by atoms with E-state index < -0.39 is 11.0 Å². The highest BCUT2D eigenvalue weighted by Gasteiger charge is 2.55. The number of benzene rings is 1. The van der Waals surface area contributed by atoms with Gasteiger partial charge >= 0.3 is 0 Å². The van der Waals surface area contributed by atoms with Gasteiger partial charge in [-0.1, -0.05) is 30.7 Å². The number of nitrogens with zero attached hydrogens (tertiary/aromatic N) is 3. The van der Waals surface area contributed by atoms with E-state index in [1.54, 1.807) is 19.4 Å². The summed E-state index contributed by atoms with van der Waals surface area (Å²) in [6, 6.07) is 7.80. The minimum Gasteiger partial charge on any atom is -0.396 e. The molecule has 2 heterocycles. The van der Waals surface area contributed by atoms with E-state index in [2.05, 4.69) is 9.98 Å². The van der Waals surface area contributed by atoms with Crippen LogP contribution < -0.4 is 5.73 Å². The van der Waals surface area contributed by atoms with Gasteiger partial charge < -0.3 is 10.8 Å². The number of carbonyl (C=O) groups excluding carboxylic acids is 1. The second-order valence-electron chi connectivity index (χ2n) is 7.78. The number of hydrogen-bond donors (Lipinski definition) is 2. The Bertz CT molecular complexity index is 976. The number of carbonyl (C=O) groups is 1. The average molecular weight is 385 g/mol. The third-order valence-corrected chi connectivity index (χ3v) is 5.79. The topological polar surface area (TPSA) is 91.8 Å². The van der Waals surface area contributed by atoms with Gasteiger partial charge in [0, 0.05) is 31.6 Å². The van der Waals surface area contributed by atoms with Crippen LogP contribution in [-0.4, -0.2) is 40.5 Å². The van der Waals surface area contributed by atoms with Crippen molar-refractivity contribution in [3.8, 4) is 11.1 Å². The van der Waals surface area contributed by atoms with Crippen LogP contribution in [-0.2, 0) is 16.8 Å². The third kappa shape index (κ3) is 2.71. The number of amides is 1. The van der Waals surface area contributed by atoms with Crippen molar-refractivity contribution in [3.63, 3.8) is 0 Å². The number of aliphatic hydroxyl groups excluding tert-OH is 1. The summed E-state index contributed by atoms with van der Waals surface area (Å²) in [5.74, 6) is 0.0324. The Hall–Kier alpha value is -2.44. The number of fused-ring (bicyclic) bond motifs is 2. The Morgan fingerprint density at radius 1 is 1.30 bits per heavy atom. The Kier molecular flexibility index (Phi) is 4.01. The van der Waals surface area contributed by atoms with Gasteiger partial charge in [0.05, 0.1) is 5.02 Å². The highest BCUT2D eigenvalue weighted by molar-refractivity contribution is 6.30. The molecule has 27 heavy (non-hydrogen) atoms. The quantitative estimate of drug-likeness (QED) is 0.831. The fourth-order valence-electron chi connectivity index (χ4n) is 4.20. The summed E-state index contributed by atoms with van der Waals surface area (Å²) in [7, 11) is 1.63. The maximum atomic E-state index is 13.2. The van der Waals surface area contributed by atoms with Crippen LogP contribution in [0, 0.1) is 5.41 Å². The molecule has 4 rings (SSSR count). The van der Waals surface area contributed by atoms with E-state index in [4.69, 9.17) is 17.3 Å². The molecule has 140 valence electrons. The van der Waals surface area contributed by atoms with Crippen molar-refractivity contribution in [3.05, 3.63) is 52.8 Å². The number of aromatic nitrogens is 1. The lowest BCUT2D eigenvalue weighted by molar-refractivity contribution is -0.132. The molecule has 0 fully saturated rings. The molecule has 0 bridgehead atoms. The minimum atomic E-state index is -1.11. The molecule has 2 atom stereocenters. The Morgan fingerprint density at radius 2 is 2.07 bits per heavy atom. The van der Waals surface area contributed by atoms with Crippen LogP contribution in [0.3, 0.4) is 0 Å². The molecule has 1 aromatic heterocycles. The summed E-state index contributed by atoms with van der Waals surface area (Å²) >= 11 is 6.09. The van der Waals surface area contributed by atoms with E-state index in [1.165, 1.54) is 4.90 Å². The average Bonchev–Trinajstić information content (AvgIpc) is 2.86. The molecule has 7 heteroatoms. The van der Waals surface area contributed by atoms with E-state index in [0.29, 0.717) is 17.9 Å². The third-order valence-electron chi connectivity index (χ3n) is 5.58. The fraction of sp³-hybridized carbons (Fsp3) is 0.350. The van der Waals surface area contributed by atoms with Crippen LogP contribution in [0.1, 0.15) is 24.5 Å². The van der Waals surface area contributed by atoms with Gasteiger partial charge in [-0.2, -0.15) is 0 Å².